The maximum Gasteiger partial charge on any atom is 0.172 e. The minimum Gasteiger partial charge on any atom is -0.485 e. The zero-order chi connectivity index (χ0) is 11.5. The van der Waals surface area contributed by atoms with Crippen LogP contribution in [0.1, 0.15) is 19.8 Å². The Balaban J connectivity index is 1.81. The Morgan fingerprint density at radius 3 is 2.94 bits per heavy atom. The third-order valence-corrected chi connectivity index (χ3v) is 3.35. The molecule has 3 unspecified atom stereocenters. The summed E-state index contributed by atoms with van der Waals surface area (Å²) in [7, 11) is 0. The lowest BCUT2D eigenvalue weighted by molar-refractivity contribution is 0.0106. The molecule has 0 saturated carbocycles. The molecule has 1 aliphatic heterocycles. The van der Waals surface area contributed by atoms with Gasteiger partial charge in [-0.1, -0.05) is 0 Å². The van der Waals surface area contributed by atoms with Crippen LogP contribution in [0.25, 0.3) is 0 Å². The Morgan fingerprint density at radius 2 is 2.19 bits per heavy atom. The van der Waals surface area contributed by atoms with Crippen molar-refractivity contribution in [3.8, 4) is 11.5 Å². The van der Waals surface area contributed by atoms with Crippen LogP contribution in [0, 0.1) is 0 Å². The van der Waals surface area contributed by atoms with Crippen molar-refractivity contribution >= 4 is 11.3 Å². The first kappa shape index (κ1) is 11.7. The number of hydrogen-bond acceptors (Lipinski definition) is 5. The van der Waals surface area contributed by atoms with E-state index < -0.39 is 12.2 Å². The molecule has 0 spiro atoms. The largest absolute Gasteiger partial charge is 0.485 e. The molecule has 0 bridgehead atoms. The zero-order valence-electron chi connectivity index (χ0n) is 9.13. The predicted molar refractivity (Wildman–Crippen MR) is 61.2 cm³/mol. The van der Waals surface area contributed by atoms with Gasteiger partial charge in [0.25, 0.3) is 0 Å². The molecule has 90 valence electrons. The summed E-state index contributed by atoms with van der Waals surface area (Å²) >= 11 is 1.55. The smallest absolute Gasteiger partial charge is 0.172 e. The molecule has 2 rings (SSSR count). The molecule has 0 aliphatic carbocycles. The van der Waals surface area contributed by atoms with Crippen LogP contribution >= 0.6 is 11.3 Å². The van der Waals surface area contributed by atoms with Gasteiger partial charge in [0.2, 0.25) is 0 Å². The molecule has 0 radical (unpaired) electrons. The van der Waals surface area contributed by atoms with Gasteiger partial charge in [-0.25, -0.2) is 0 Å². The summed E-state index contributed by atoms with van der Waals surface area (Å²) in [6.07, 6.45) is -0.212. The standard InChI is InChI=1S/C11H16O4S/c1-7(12)9(13)3-2-8-4-14-10-5-16-6-11(10)15-8/h5-9,12-13H,2-4H2,1H3. The van der Waals surface area contributed by atoms with Crippen molar-refractivity contribution in [2.75, 3.05) is 6.61 Å². The first-order valence-corrected chi connectivity index (χ1v) is 6.33. The fourth-order valence-electron chi connectivity index (χ4n) is 1.60. The van der Waals surface area contributed by atoms with Crippen LogP contribution in [0.3, 0.4) is 0 Å². The molecule has 2 N–H and O–H groups in total. The van der Waals surface area contributed by atoms with Crippen molar-refractivity contribution in [3.63, 3.8) is 0 Å². The quantitative estimate of drug-likeness (QED) is 0.840. The van der Waals surface area contributed by atoms with E-state index in [-0.39, 0.29) is 6.10 Å². The molecule has 5 heteroatoms. The third-order valence-electron chi connectivity index (χ3n) is 2.65. The molecule has 4 nitrogen and oxygen atoms in total. The van der Waals surface area contributed by atoms with Crippen molar-refractivity contribution in [3.05, 3.63) is 10.8 Å². The van der Waals surface area contributed by atoms with Gasteiger partial charge in [-0.05, 0) is 19.8 Å². The number of thiophene rings is 1. The molecular formula is C11H16O4S. The van der Waals surface area contributed by atoms with E-state index in [4.69, 9.17) is 14.6 Å². The van der Waals surface area contributed by atoms with Gasteiger partial charge < -0.3 is 19.7 Å². The van der Waals surface area contributed by atoms with Crippen molar-refractivity contribution < 1.29 is 19.7 Å². The van der Waals surface area contributed by atoms with Crippen molar-refractivity contribution in [2.24, 2.45) is 0 Å². The van der Waals surface area contributed by atoms with Crippen molar-refractivity contribution in [1.29, 1.82) is 0 Å². The second kappa shape index (κ2) is 5.03. The molecule has 1 aliphatic rings. The molecule has 1 aromatic heterocycles. The first-order chi connectivity index (χ1) is 7.66. The summed E-state index contributed by atoms with van der Waals surface area (Å²) in [5.74, 6) is 1.59. The number of aliphatic hydroxyl groups excluding tert-OH is 2. The highest BCUT2D eigenvalue weighted by atomic mass is 32.1. The fraction of sp³-hybridized carbons (Fsp3) is 0.636. The molecule has 2 heterocycles. The lowest BCUT2D eigenvalue weighted by atomic mass is 10.1. The monoisotopic (exact) mass is 244 g/mol. The summed E-state index contributed by atoms with van der Waals surface area (Å²) in [6, 6.07) is 0. The Labute approximate surface area is 98.4 Å². The molecule has 0 amide bonds. The van der Waals surface area contributed by atoms with Crippen LogP contribution < -0.4 is 9.47 Å². The highest BCUT2D eigenvalue weighted by molar-refractivity contribution is 7.08. The van der Waals surface area contributed by atoms with E-state index in [1.54, 1.807) is 18.3 Å². The number of rotatable bonds is 4. The summed E-state index contributed by atoms with van der Waals surface area (Å²) in [5, 5.41) is 22.4. The molecule has 0 aromatic carbocycles. The van der Waals surface area contributed by atoms with Crippen LogP contribution in [0.4, 0.5) is 0 Å². The third kappa shape index (κ3) is 2.66. The zero-order valence-corrected chi connectivity index (χ0v) is 9.94. The van der Waals surface area contributed by atoms with Crippen molar-refractivity contribution in [1.82, 2.24) is 0 Å². The average Bonchev–Trinajstić information content (AvgIpc) is 2.72. The highest BCUT2D eigenvalue weighted by Crippen LogP contribution is 2.36. The van der Waals surface area contributed by atoms with Crippen LogP contribution in [-0.2, 0) is 0 Å². The second-order valence-corrected chi connectivity index (χ2v) is 4.78. The van der Waals surface area contributed by atoms with E-state index in [9.17, 15) is 5.11 Å². The second-order valence-electron chi connectivity index (χ2n) is 4.04. The highest BCUT2D eigenvalue weighted by Gasteiger charge is 2.23. The van der Waals surface area contributed by atoms with Crippen LogP contribution in [0.2, 0.25) is 0 Å². The van der Waals surface area contributed by atoms with Crippen LogP contribution in [0.5, 0.6) is 11.5 Å². The Hall–Kier alpha value is -0.780. The Bertz CT molecular complexity index is 336. The molecule has 1 aromatic rings. The number of aliphatic hydroxyl groups is 2. The Morgan fingerprint density at radius 1 is 1.44 bits per heavy atom. The van der Waals surface area contributed by atoms with Gasteiger partial charge in [-0.2, -0.15) is 0 Å². The van der Waals surface area contributed by atoms with E-state index in [1.807, 2.05) is 10.8 Å². The molecule has 3 atom stereocenters. The first-order valence-electron chi connectivity index (χ1n) is 5.38. The Kier molecular flexibility index (Phi) is 3.68. The van der Waals surface area contributed by atoms with Crippen molar-refractivity contribution in [2.45, 2.75) is 38.1 Å². The minimum absolute atomic E-state index is 0.0319. The van der Waals surface area contributed by atoms with E-state index in [0.717, 1.165) is 11.5 Å². The maximum atomic E-state index is 9.47. The van der Waals surface area contributed by atoms with E-state index in [0.29, 0.717) is 19.4 Å². The molecular weight excluding hydrogens is 228 g/mol. The fourth-order valence-corrected chi connectivity index (χ4v) is 2.27. The lowest BCUT2D eigenvalue weighted by Gasteiger charge is -2.25. The van der Waals surface area contributed by atoms with E-state index in [2.05, 4.69) is 0 Å². The van der Waals surface area contributed by atoms with Gasteiger partial charge in [-0.3, -0.25) is 0 Å². The van der Waals surface area contributed by atoms with Gasteiger partial charge in [0, 0.05) is 10.8 Å². The number of fused-ring (bicyclic) bond motifs is 1. The van der Waals surface area contributed by atoms with E-state index in [1.165, 1.54) is 0 Å². The van der Waals surface area contributed by atoms with Crippen LogP contribution in [-0.4, -0.2) is 35.1 Å². The molecule has 16 heavy (non-hydrogen) atoms. The maximum absolute atomic E-state index is 9.47. The molecule has 0 fully saturated rings. The number of ether oxygens (including phenoxy) is 2. The summed E-state index contributed by atoms with van der Waals surface area (Å²) in [4.78, 5) is 0. The average molecular weight is 244 g/mol. The van der Waals surface area contributed by atoms with Crippen LogP contribution in [0.15, 0.2) is 10.8 Å². The molecule has 0 saturated heterocycles. The SMILES string of the molecule is CC(O)C(O)CCC1COc2cscc2O1. The topological polar surface area (TPSA) is 58.9 Å². The summed E-state index contributed by atoms with van der Waals surface area (Å²) in [6.45, 7) is 2.09. The van der Waals surface area contributed by atoms with Gasteiger partial charge in [0.1, 0.15) is 12.7 Å². The van der Waals surface area contributed by atoms with E-state index >= 15 is 0 Å². The van der Waals surface area contributed by atoms with Gasteiger partial charge in [0.05, 0.1) is 12.2 Å². The summed E-state index contributed by atoms with van der Waals surface area (Å²) in [5.41, 5.74) is 0. The predicted octanol–water partition coefficient (Wildman–Crippen LogP) is 1.41. The van der Waals surface area contributed by atoms with Gasteiger partial charge >= 0.3 is 0 Å². The minimum atomic E-state index is -0.693. The number of hydrogen-bond donors (Lipinski definition) is 2. The lowest BCUT2D eigenvalue weighted by Crippen LogP contribution is -2.31. The summed E-state index contributed by atoms with van der Waals surface area (Å²) < 4.78 is 11.2. The van der Waals surface area contributed by atoms with Gasteiger partial charge in [-0.15, -0.1) is 11.3 Å². The van der Waals surface area contributed by atoms with Gasteiger partial charge in [0.15, 0.2) is 11.5 Å². The normalized spacial score (nSPS) is 22.8.